The van der Waals surface area contributed by atoms with E-state index in [1.54, 1.807) is 0 Å². The largest absolute Gasteiger partial charge is 0.379 e. The molecule has 0 aromatic carbocycles. The summed E-state index contributed by atoms with van der Waals surface area (Å²) < 4.78 is 5.52. The number of carbonyl (C=O) groups is 2. The lowest BCUT2D eigenvalue weighted by Gasteiger charge is -2.52. The van der Waals surface area contributed by atoms with Crippen molar-refractivity contribution in [1.82, 2.24) is 20.0 Å². The Bertz CT molecular complexity index is 476. The number of imide groups is 1. The van der Waals surface area contributed by atoms with Crippen molar-refractivity contribution in [2.45, 2.75) is 43.8 Å². The van der Waals surface area contributed by atoms with E-state index in [0.717, 1.165) is 51.9 Å². The summed E-state index contributed by atoms with van der Waals surface area (Å²) in [6, 6.07) is -0.385. The second kappa shape index (κ2) is 6.71. The molecule has 134 valence electrons. The molecule has 0 aromatic heterocycles. The van der Waals surface area contributed by atoms with Crippen LogP contribution in [0.4, 0.5) is 0 Å². The zero-order valence-corrected chi connectivity index (χ0v) is 14.3. The van der Waals surface area contributed by atoms with Gasteiger partial charge in [0.2, 0.25) is 5.91 Å². The molecule has 0 bridgehead atoms. The molecule has 1 N–H and O–H groups in total. The van der Waals surface area contributed by atoms with Crippen LogP contribution in [0.25, 0.3) is 0 Å². The van der Waals surface area contributed by atoms with E-state index in [1.807, 2.05) is 0 Å². The van der Waals surface area contributed by atoms with E-state index in [4.69, 9.17) is 4.74 Å². The van der Waals surface area contributed by atoms with Gasteiger partial charge in [-0.15, -0.1) is 0 Å². The average molecular weight is 336 g/mol. The number of hydrogen-bond acceptors (Lipinski definition) is 6. The second-order valence-electron chi connectivity index (χ2n) is 7.34. The first-order valence-corrected chi connectivity index (χ1v) is 9.42. The smallest absolute Gasteiger partial charge is 0.264 e. The summed E-state index contributed by atoms with van der Waals surface area (Å²) in [5, 5.41) is 2.69. The van der Waals surface area contributed by atoms with Gasteiger partial charge in [-0.1, -0.05) is 6.42 Å². The van der Waals surface area contributed by atoms with Crippen molar-refractivity contribution >= 4 is 11.8 Å². The summed E-state index contributed by atoms with van der Waals surface area (Å²) in [5.74, 6) is -0.229. The Morgan fingerprint density at radius 1 is 0.833 bits per heavy atom. The lowest BCUT2D eigenvalue weighted by atomic mass is 9.93. The minimum Gasteiger partial charge on any atom is -0.379 e. The zero-order valence-electron chi connectivity index (χ0n) is 14.3. The van der Waals surface area contributed by atoms with Gasteiger partial charge in [-0.2, -0.15) is 0 Å². The first kappa shape index (κ1) is 16.4. The summed E-state index contributed by atoms with van der Waals surface area (Å²) in [4.78, 5) is 32.8. The maximum absolute atomic E-state index is 13.2. The van der Waals surface area contributed by atoms with E-state index >= 15 is 0 Å². The quantitative estimate of drug-likeness (QED) is 0.709. The number of amides is 2. The predicted molar refractivity (Wildman–Crippen MR) is 88.3 cm³/mol. The first-order valence-electron chi connectivity index (χ1n) is 9.42. The molecule has 0 aromatic rings. The summed E-state index contributed by atoms with van der Waals surface area (Å²) >= 11 is 0. The molecule has 4 saturated heterocycles. The summed E-state index contributed by atoms with van der Waals surface area (Å²) in [6.45, 7) is 6.28. The van der Waals surface area contributed by atoms with E-state index in [9.17, 15) is 9.59 Å². The highest BCUT2D eigenvalue weighted by Gasteiger charge is 2.64. The van der Waals surface area contributed by atoms with Crippen molar-refractivity contribution in [3.8, 4) is 0 Å². The van der Waals surface area contributed by atoms with Crippen molar-refractivity contribution in [2.24, 2.45) is 0 Å². The van der Waals surface area contributed by atoms with Crippen molar-refractivity contribution in [3.63, 3.8) is 0 Å². The van der Waals surface area contributed by atoms with Gasteiger partial charge in [0.05, 0.1) is 13.2 Å². The van der Waals surface area contributed by atoms with E-state index in [-0.39, 0.29) is 17.9 Å². The van der Waals surface area contributed by atoms with Crippen LogP contribution in [0.1, 0.15) is 32.1 Å². The van der Waals surface area contributed by atoms with Crippen LogP contribution in [0, 0.1) is 0 Å². The molecule has 0 spiro atoms. The van der Waals surface area contributed by atoms with Gasteiger partial charge in [0.15, 0.2) is 5.66 Å². The van der Waals surface area contributed by atoms with Crippen LogP contribution >= 0.6 is 0 Å². The summed E-state index contributed by atoms with van der Waals surface area (Å²) in [7, 11) is 0. The fraction of sp³-hybridized carbons (Fsp3) is 0.882. The average Bonchev–Trinajstić information content (AvgIpc) is 3.22. The minimum atomic E-state index is -0.842. The Labute approximate surface area is 143 Å². The van der Waals surface area contributed by atoms with Crippen LogP contribution in [0.5, 0.6) is 0 Å². The van der Waals surface area contributed by atoms with Crippen LogP contribution in [0.3, 0.4) is 0 Å². The molecule has 0 saturated carbocycles. The highest BCUT2D eigenvalue weighted by Crippen LogP contribution is 2.37. The number of carbonyl (C=O) groups excluding carboxylic acids is 2. The second-order valence-corrected chi connectivity index (χ2v) is 7.34. The van der Waals surface area contributed by atoms with E-state index in [1.165, 1.54) is 6.42 Å². The number of hydrogen-bond donors (Lipinski definition) is 1. The van der Waals surface area contributed by atoms with Crippen molar-refractivity contribution in [3.05, 3.63) is 0 Å². The molecule has 2 atom stereocenters. The normalized spacial score (nSPS) is 37.1. The molecular formula is C17H28N4O3. The van der Waals surface area contributed by atoms with Crippen molar-refractivity contribution in [1.29, 1.82) is 0 Å². The predicted octanol–water partition coefficient (Wildman–Crippen LogP) is -0.378. The van der Waals surface area contributed by atoms with Crippen LogP contribution in [0.15, 0.2) is 0 Å². The van der Waals surface area contributed by atoms with Gasteiger partial charge in [0.25, 0.3) is 5.91 Å². The molecule has 7 heteroatoms. The summed E-state index contributed by atoms with van der Waals surface area (Å²) in [5.41, 5.74) is -0.842. The fourth-order valence-electron chi connectivity index (χ4n) is 4.97. The van der Waals surface area contributed by atoms with E-state index in [2.05, 4.69) is 20.0 Å². The number of nitrogens with zero attached hydrogens (tertiary/aromatic N) is 3. The van der Waals surface area contributed by atoms with Gasteiger partial charge < -0.3 is 4.74 Å². The highest BCUT2D eigenvalue weighted by atomic mass is 16.5. The molecule has 7 nitrogen and oxygen atoms in total. The van der Waals surface area contributed by atoms with E-state index in [0.29, 0.717) is 26.3 Å². The Kier molecular flexibility index (Phi) is 4.60. The number of morpholine rings is 1. The molecule has 2 amide bonds. The minimum absolute atomic E-state index is 0.112. The SMILES string of the molecule is O=C1NC(=O)C(N2CCCCC2)(N2CCOCC2)C1N1CCCC1. The third-order valence-corrected chi connectivity index (χ3v) is 6.04. The van der Waals surface area contributed by atoms with Gasteiger partial charge in [-0.25, -0.2) is 0 Å². The Morgan fingerprint density at radius 3 is 2.08 bits per heavy atom. The molecular weight excluding hydrogens is 308 g/mol. The molecule has 4 rings (SSSR count). The number of piperidine rings is 1. The Hall–Kier alpha value is -1.02. The fourth-order valence-corrected chi connectivity index (χ4v) is 4.97. The van der Waals surface area contributed by atoms with Crippen LogP contribution < -0.4 is 5.32 Å². The maximum atomic E-state index is 13.2. The molecule has 4 fully saturated rings. The number of ether oxygens (including phenoxy) is 1. The van der Waals surface area contributed by atoms with Crippen molar-refractivity contribution < 1.29 is 14.3 Å². The maximum Gasteiger partial charge on any atom is 0.264 e. The standard InChI is InChI=1S/C17H28N4O3/c22-15-14(19-6-4-5-7-19)17(16(23)18-15,20-8-2-1-3-9-20)21-10-12-24-13-11-21/h14H,1-13H2,(H,18,22,23). The number of nitrogens with one attached hydrogen (secondary N) is 1. The van der Waals surface area contributed by atoms with Crippen molar-refractivity contribution in [2.75, 3.05) is 52.5 Å². The van der Waals surface area contributed by atoms with Crippen LogP contribution in [-0.4, -0.2) is 90.7 Å². The lowest BCUT2D eigenvalue weighted by Crippen LogP contribution is -2.74. The highest BCUT2D eigenvalue weighted by molar-refractivity contribution is 6.11. The molecule has 4 aliphatic heterocycles. The third-order valence-electron chi connectivity index (χ3n) is 6.04. The van der Waals surface area contributed by atoms with Gasteiger partial charge in [0.1, 0.15) is 6.04 Å². The third kappa shape index (κ3) is 2.49. The molecule has 0 aliphatic carbocycles. The van der Waals surface area contributed by atoms with Gasteiger partial charge in [0, 0.05) is 26.2 Å². The molecule has 0 radical (unpaired) electrons. The molecule has 4 heterocycles. The lowest BCUT2D eigenvalue weighted by molar-refractivity contribution is -0.164. The molecule has 24 heavy (non-hydrogen) atoms. The van der Waals surface area contributed by atoms with Crippen LogP contribution in [0.2, 0.25) is 0 Å². The zero-order chi connectivity index (χ0) is 16.6. The monoisotopic (exact) mass is 336 g/mol. The number of likely N-dealkylation sites (tertiary alicyclic amines) is 2. The van der Waals surface area contributed by atoms with Gasteiger partial charge in [-0.3, -0.25) is 29.6 Å². The topological polar surface area (TPSA) is 65.1 Å². The Morgan fingerprint density at radius 2 is 1.42 bits per heavy atom. The van der Waals surface area contributed by atoms with Gasteiger partial charge >= 0.3 is 0 Å². The van der Waals surface area contributed by atoms with Gasteiger partial charge in [-0.05, 0) is 38.8 Å². The summed E-state index contributed by atoms with van der Waals surface area (Å²) in [6.07, 6.45) is 5.62. The van der Waals surface area contributed by atoms with Crippen LogP contribution in [-0.2, 0) is 14.3 Å². The van der Waals surface area contributed by atoms with E-state index < -0.39 is 5.66 Å². The Balaban J connectivity index is 1.75. The first-order chi connectivity index (χ1) is 11.7. The molecule has 4 aliphatic rings. The number of rotatable bonds is 3. The molecule has 2 unspecified atom stereocenters.